The Morgan fingerprint density at radius 1 is 1.13 bits per heavy atom. The summed E-state index contributed by atoms with van der Waals surface area (Å²) < 4.78 is 5.99. The van der Waals surface area contributed by atoms with Gasteiger partial charge in [-0.05, 0) is 74.8 Å². The van der Waals surface area contributed by atoms with Crippen molar-refractivity contribution >= 4 is 22.9 Å². The van der Waals surface area contributed by atoms with Gasteiger partial charge < -0.3 is 20.4 Å². The van der Waals surface area contributed by atoms with Gasteiger partial charge in [0.05, 0.1) is 0 Å². The van der Waals surface area contributed by atoms with Crippen LogP contribution >= 0.6 is 0 Å². The lowest BCUT2D eigenvalue weighted by atomic mass is 9.84. The first-order valence-electron chi connectivity index (χ1n) is 14.3. The van der Waals surface area contributed by atoms with Crippen LogP contribution in [-0.2, 0) is 9.59 Å². The van der Waals surface area contributed by atoms with E-state index in [4.69, 9.17) is 16.0 Å². The molecule has 3 aliphatic rings. The van der Waals surface area contributed by atoms with Crippen LogP contribution in [0.3, 0.4) is 0 Å². The van der Waals surface area contributed by atoms with E-state index in [-0.39, 0.29) is 35.2 Å². The third-order valence-corrected chi connectivity index (χ3v) is 8.61. The predicted octanol–water partition coefficient (Wildman–Crippen LogP) is 3.29. The summed E-state index contributed by atoms with van der Waals surface area (Å²) in [5, 5.41) is 4.89. The molecule has 5 N–H and O–H groups in total. The highest BCUT2D eigenvalue weighted by molar-refractivity contribution is 5.91. The Morgan fingerprint density at radius 2 is 1.84 bits per heavy atom. The molecule has 2 aliphatic carbocycles. The van der Waals surface area contributed by atoms with E-state index in [1.807, 2.05) is 45.0 Å². The van der Waals surface area contributed by atoms with E-state index < -0.39 is 12.1 Å². The number of para-hydroxylation sites is 2. The Kier molecular flexibility index (Phi) is 7.80. The average molecular weight is 525 g/mol. The van der Waals surface area contributed by atoms with Crippen molar-refractivity contribution in [3.05, 3.63) is 30.2 Å². The number of likely N-dealkylation sites (tertiary alicyclic amines) is 1. The van der Waals surface area contributed by atoms with E-state index in [2.05, 4.69) is 10.3 Å². The molecule has 9 heteroatoms. The van der Waals surface area contributed by atoms with Crippen molar-refractivity contribution in [2.75, 3.05) is 13.1 Å². The number of aromatic nitrogens is 1. The molecule has 2 amide bonds. The lowest BCUT2D eigenvalue weighted by Gasteiger charge is -2.40. The quantitative estimate of drug-likeness (QED) is 0.357. The van der Waals surface area contributed by atoms with Crippen molar-refractivity contribution in [2.45, 2.75) is 102 Å². The van der Waals surface area contributed by atoms with E-state index in [0.717, 1.165) is 61.9 Å². The Bertz CT molecular complexity index is 1100. The molecule has 2 saturated carbocycles. The number of hydrazine groups is 1. The Morgan fingerprint density at radius 3 is 2.50 bits per heavy atom. The van der Waals surface area contributed by atoms with Gasteiger partial charge in [0.15, 0.2) is 11.5 Å². The maximum Gasteiger partial charge on any atom is 0.243 e. The number of nitrogens with zero attached hydrogens (tertiary/aromatic N) is 3. The van der Waals surface area contributed by atoms with Gasteiger partial charge in [-0.2, -0.15) is 0 Å². The van der Waals surface area contributed by atoms with Crippen LogP contribution in [-0.4, -0.2) is 64.0 Å². The molecular formula is C29H44N6O3. The van der Waals surface area contributed by atoms with Crippen molar-refractivity contribution in [3.63, 3.8) is 0 Å². The fourth-order valence-corrected chi connectivity index (χ4v) is 6.34. The number of nitrogens with one attached hydrogen (secondary N) is 1. The number of hydrogen-bond acceptors (Lipinski definition) is 7. The van der Waals surface area contributed by atoms with Crippen LogP contribution in [0.25, 0.3) is 11.1 Å². The van der Waals surface area contributed by atoms with Crippen LogP contribution in [0.5, 0.6) is 0 Å². The molecule has 2 heterocycles. The molecule has 0 bridgehead atoms. The van der Waals surface area contributed by atoms with Crippen LogP contribution in [0.15, 0.2) is 28.7 Å². The minimum Gasteiger partial charge on any atom is -0.440 e. The highest BCUT2D eigenvalue weighted by Crippen LogP contribution is 2.35. The summed E-state index contributed by atoms with van der Waals surface area (Å²) in [4.78, 5) is 33.7. The lowest BCUT2D eigenvalue weighted by molar-refractivity contribution is -0.146. The lowest BCUT2D eigenvalue weighted by Crippen LogP contribution is -2.61. The van der Waals surface area contributed by atoms with Crippen LogP contribution in [0.2, 0.25) is 0 Å². The topological polar surface area (TPSA) is 131 Å². The maximum absolute atomic E-state index is 13.8. The Labute approximate surface area is 225 Å². The number of benzene rings is 1. The number of oxazole rings is 1. The van der Waals surface area contributed by atoms with Gasteiger partial charge >= 0.3 is 0 Å². The van der Waals surface area contributed by atoms with E-state index in [0.29, 0.717) is 25.4 Å². The second-order valence-electron chi connectivity index (χ2n) is 12.7. The minimum absolute atomic E-state index is 0.0276. The van der Waals surface area contributed by atoms with E-state index in [1.165, 1.54) is 0 Å². The molecule has 5 rings (SSSR count). The largest absolute Gasteiger partial charge is 0.440 e. The van der Waals surface area contributed by atoms with Crippen molar-refractivity contribution in [2.24, 2.45) is 22.9 Å². The molecule has 1 aromatic carbocycles. The maximum atomic E-state index is 13.8. The van der Waals surface area contributed by atoms with E-state index in [9.17, 15) is 9.59 Å². The summed E-state index contributed by atoms with van der Waals surface area (Å²) >= 11 is 0. The predicted molar refractivity (Wildman–Crippen MR) is 147 cm³/mol. The highest BCUT2D eigenvalue weighted by atomic mass is 16.3. The number of amides is 2. The molecule has 38 heavy (non-hydrogen) atoms. The SMILES string of the molecule is CC(C)(C)[C@@H](C(=O)N1CCC[C@H]1C(=O)NC1CCC(c2nc3ccccc3o2)CC1)N(N)CC(N)C1CC1. The van der Waals surface area contributed by atoms with Gasteiger partial charge in [-0.15, -0.1) is 0 Å². The molecule has 3 fully saturated rings. The second kappa shape index (κ2) is 10.9. The number of carbonyl (C=O) groups excluding carboxylic acids is 2. The number of hydrogen-bond donors (Lipinski definition) is 3. The second-order valence-corrected chi connectivity index (χ2v) is 12.7. The van der Waals surface area contributed by atoms with Crippen molar-refractivity contribution in [1.82, 2.24) is 20.2 Å². The first-order chi connectivity index (χ1) is 18.1. The van der Waals surface area contributed by atoms with E-state index in [1.54, 1.807) is 9.91 Å². The average Bonchev–Trinajstić information content (AvgIpc) is 3.44. The number of carbonyl (C=O) groups is 2. The van der Waals surface area contributed by atoms with Crippen LogP contribution < -0.4 is 16.9 Å². The van der Waals surface area contributed by atoms with Gasteiger partial charge in [-0.1, -0.05) is 32.9 Å². The normalized spacial score (nSPS) is 26.1. The first kappa shape index (κ1) is 27.1. The highest BCUT2D eigenvalue weighted by Gasteiger charge is 2.44. The summed E-state index contributed by atoms with van der Waals surface area (Å²) in [5.74, 6) is 7.93. The van der Waals surface area contributed by atoms with Crippen molar-refractivity contribution < 1.29 is 14.0 Å². The third-order valence-electron chi connectivity index (χ3n) is 8.61. The van der Waals surface area contributed by atoms with Gasteiger partial charge in [0.2, 0.25) is 11.8 Å². The van der Waals surface area contributed by atoms with Gasteiger partial charge in [0, 0.05) is 31.1 Å². The number of rotatable bonds is 8. The van der Waals surface area contributed by atoms with Gasteiger partial charge in [-0.3, -0.25) is 15.4 Å². The zero-order valence-electron chi connectivity index (χ0n) is 23.1. The van der Waals surface area contributed by atoms with Gasteiger partial charge in [-0.25, -0.2) is 9.99 Å². The summed E-state index contributed by atoms with van der Waals surface area (Å²) in [6.07, 6.45) is 7.34. The monoisotopic (exact) mass is 524 g/mol. The molecular weight excluding hydrogens is 480 g/mol. The molecule has 0 spiro atoms. The summed E-state index contributed by atoms with van der Waals surface area (Å²) in [5.41, 5.74) is 7.67. The molecule has 2 aromatic rings. The first-order valence-corrected chi connectivity index (χ1v) is 14.3. The Hall–Kier alpha value is -2.49. The minimum atomic E-state index is -0.535. The van der Waals surface area contributed by atoms with Crippen LogP contribution in [0.4, 0.5) is 0 Å². The summed E-state index contributed by atoms with van der Waals surface area (Å²) in [6.45, 7) is 7.14. The molecule has 3 atom stereocenters. The summed E-state index contributed by atoms with van der Waals surface area (Å²) in [7, 11) is 0. The molecule has 9 nitrogen and oxygen atoms in total. The van der Waals surface area contributed by atoms with E-state index >= 15 is 0 Å². The zero-order valence-corrected chi connectivity index (χ0v) is 23.1. The molecule has 1 saturated heterocycles. The number of nitrogens with two attached hydrogens (primary N) is 2. The van der Waals surface area contributed by atoms with Crippen LogP contribution in [0.1, 0.15) is 83.9 Å². The molecule has 1 aromatic heterocycles. The molecule has 208 valence electrons. The molecule has 0 radical (unpaired) electrons. The fraction of sp³-hybridized carbons (Fsp3) is 0.690. The fourth-order valence-electron chi connectivity index (χ4n) is 6.34. The third kappa shape index (κ3) is 5.90. The summed E-state index contributed by atoms with van der Waals surface area (Å²) in [6, 6.07) is 6.93. The smallest absolute Gasteiger partial charge is 0.243 e. The van der Waals surface area contributed by atoms with Gasteiger partial charge in [0.25, 0.3) is 0 Å². The zero-order chi connectivity index (χ0) is 27.0. The van der Waals surface area contributed by atoms with Crippen molar-refractivity contribution in [3.8, 4) is 0 Å². The number of fused-ring (bicyclic) bond motifs is 1. The van der Waals surface area contributed by atoms with Gasteiger partial charge in [0.1, 0.15) is 17.6 Å². The standard InChI is InChI=1S/C29H44N6O3/c1-29(2,3)25(35(31)17-21(30)18-10-11-18)28(37)34-16-6-8-23(34)26(36)32-20-14-12-19(13-15-20)27-33-22-7-4-5-9-24(22)38-27/h4-5,7,9,18-21,23,25H,6,8,10-17,30-31H2,1-3H3,(H,32,36)/t19?,20?,21?,23-,25+/m0/s1. The van der Waals surface area contributed by atoms with Crippen LogP contribution in [0, 0.1) is 11.3 Å². The van der Waals surface area contributed by atoms with Crippen molar-refractivity contribution in [1.29, 1.82) is 0 Å². The Balaban J connectivity index is 1.18. The molecule has 1 unspecified atom stereocenters. The molecule has 1 aliphatic heterocycles.